The summed E-state index contributed by atoms with van der Waals surface area (Å²) in [5, 5.41) is 0. The Labute approximate surface area is 104 Å². The van der Waals surface area contributed by atoms with Crippen molar-refractivity contribution in [3.63, 3.8) is 0 Å². The van der Waals surface area contributed by atoms with Gasteiger partial charge in [0.05, 0.1) is 12.3 Å². The molecule has 0 aliphatic rings. The maximum atomic E-state index is 5.65. The van der Waals surface area contributed by atoms with E-state index in [-0.39, 0.29) is 0 Å². The normalized spacial score (nSPS) is 10.2. The average molecular weight is 247 g/mol. The van der Waals surface area contributed by atoms with E-state index in [1.54, 1.807) is 6.07 Å². The number of benzene rings is 1. The molecule has 0 spiro atoms. The number of nitrogens with zero attached hydrogens (tertiary/aromatic N) is 1. The standard InChI is InChI=1S/C12H13N3OS/c1-2-16-9-5-3-8(4-6-9)10-7-11(13)15-12(17)14-10/h3-7H,2H2,1H3,(H3,13,14,15,17). The molecule has 0 aliphatic carbocycles. The largest absolute Gasteiger partial charge is 0.494 e. The zero-order chi connectivity index (χ0) is 12.3. The number of H-pyrrole nitrogens is 1. The molecule has 2 aromatic rings. The van der Waals surface area contributed by atoms with Crippen molar-refractivity contribution in [2.45, 2.75) is 6.92 Å². The first-order valence-electron chi connectivity index (χ1n) is 5.29. The maximum Gasteiger partial charge on any atom is 0.199 e. The fraction of sp³-hybridized carbons (Fsp3) is 0.167. The molecule has 0 bridgehead atoms. The molecule has 0 radical (unpaired) electrons. The van der Waals surface area contributed by atoms with Crippen molar-refractivity contribution >= 4 is 18.0 Å². The van der Waals surface area contributed by atoms with Crippen LogP contribution in [0.2, 0.25) is 0 Å². The Hall–Kier alpha value is -1.88. The average Bonchev–Trinajstić information content (AvgIpc) is 2.29. The summed E-state index contributed by atoms with van der Waals surface area (Å²) in [6, 6.07) is 9.47. The van der Waals surface area contributed by atoms with Crippen molar-refractivity contribution in [2.75, 3.05) is 12.3 Å². The summed E-state index contributed by atoms with van der Waals surface area (Å²) >= 11 is 4.98. The molecule has 3 N–H and O–H groups in total. The zero-order valence-corrected chi connectivity index (χ0v) is 10.3. The van der Waals surface area contributed by atoms with Crippen molar-refractivity contribution in [3.05, 3.63) is 35.1 Å². The Morgan fingerprint density at radius 3 is 2.65 bits per heavy atom. The molecule has 0 fully saturated rings. The lowest BCUT2D eigenvalue weighted by molar-refractivity contribution is 0.340. The predicted molar refractivity (Wildman–Crippen MR) is 70.4 cm³/mol. The number of nitrogens with one attached hydrogen (secondary N) is 1. The number of nitrogens with two attached hydrogens (primary N) is 1. The van der Waals surface area contributed by atoms with Crippen LogP contribution in [-0.4, -0.2) is 16.6 Å². The van der Waals surface area contributed by atoms with Gasteiger partial charge >= 0.3 is 0 Å². The van der Waals surface area contributed by atoms with Crippen LogP contribution in [0.5, 0.6) is 5.75 Å². The minimum Gasteiger partial charge on any atom is -0.494 e. The van der Waals surface area contributed by atoms with Crippen LogP contribution in [0.3, 0.4) is 0 Å². The highest BCUT2D eigenvalue weighted by Crippen LogP contribution is 2.21. The fourth-order valence-corrected chi connectivity index (χ4v) is 1.74. The van der Waals surface area contributed by atoms with Crippen molar-refractivity contribution < 1.29 is 4.74 Å². The van der Waals surface area contributed by atoms with Gasteiger partial charge in [0.15, 0.2) is 4.77 Å². The number of anilines is 1. The summed E-state index contributed by atoms with van der Waals surface area (Å²) in [6.07, 6.45) is 0. The SMILES string of the molecule is CCOc1ccc(-c2cc(N)nc(=S)[nH]2)cc1. The second kappa shape index (κ2) is 4.97. The van der Waals surface area contributed by atoms with Gasteiger partial charge in [-0.15, -0.1) is 0 Å². The van der Waals surface area contributed by atoms with E-state index in [0.29, 0.717) is 17.2 Å². The van der Waals surface area contributed by atoms with E-state index < -0.39 is 0 Å². The Morgan fingerprint density at radius 1 is 1.35 bits per heavy atom. The summed E-state index contributed by atoms with van der Waals surface area (Å²) < 4.78 is 5.76. The molecule has 1 aromatic heterocycles. The minimum absolute atomic E-state index is 0.383. The Kier molecular flexibility index (Phi) is 3.39. The monoisotopic (exact) mass is 247 g/mol. The van der Waals surface area contributed by atoms with Crippen molar-refractivity contribution in [2.24, 2.45) is 0 Å². The summed E-state index contributed by atoms with van der Waals surface area (Å²) in [4.78, 5) is 6.92. The summed E-state index contributed by atoms with van der Waals surface area (Å²) in [6.45, 7) is 2.61. The lowest BCUT2D eigenvalue weighted by atomic mass is 10.1. The summed E-state index contributed by atoms with van der Waals surface area (Å²) in [5.74, 6) is 1.26. The molecule has 0 atom stereocenters. The lowest BCUT2D eigenvalue weighted by Gasteiger charge is -2.05. The van der Waals surface area contributed by atoms with Crippen LogP contribution < -0.4 is 10.5 Å². The van der Waals surface area contributed by atoms with Gasteiger partial charge in [-0.05, 0) is 49.0 Å². The lowest BCUT2D eigenvalue weighted by Crippen LogP contribution is -1.95. The molecule has 17 heavy (non-hydrogen) atoms. The third-order valence-electron chi connectivity index (χ3n) is 2.24. The van der Waals surface area contributed by atoms with Gasteiger partial charge in [0.25, 0.3) is 0 Å². The molecular formula is C12H13N3OS. The van der Waals surface area contributed by atoms with Crippen LogP contribution in [0.25, 0.3) is 11.3 Å². The van der Waals surface area contributed by atoms with E-state index >= 15 is 0 Å². The second-order valence-electron chi connectivity index (χ2n) is 3.48. The van der Waals surface area contributed by atoms with E-state index in [2.05, 4.69) is 9.97 Å². The van der Waals surface area contributed by atoms with E-state index in [1.807, 2.05) is 31.2 Å². The van der Waals surface area contributed by atoms with E-state index in [4.69, 9.17) is 22.7 Å². The van der Waals surface area contributed by atoms with Gasteiger partial charge in [-0.1, -0.05) is 0 Å². The quantitative estimate of drug-likeness (QED) is 0.819. The molecule has 0 aliphatic heterocycles. The van der Waals surface area contributed by atoms with Gasteiger partial charge in [0.1, 0.15) is 11.6 Å². The van der Waals surface area contributed by atoms with E-state index in [0.717, 1.165) is 17.0 Å². The molecule has 1 heterocycles. The topological polar surface area (TPSA) is 63.9 Å². The third kappa shape index (κ3) is 2.82. The Bertz CT molecular complexity index is 563. The van der Waals surface area contributed by atoms with E-state index in [9.17, 15) is 0 Å². The second-order valence-corrected chi connectivity index (χ2v) is 3.87. The van der Waals surface area contributed by atoms with Crippen LogP contribution in [0.1, 0.15) is 6.92 Å². The van der Waals surface area contributed by atoms with Gasteiger partial charge < -0.3 is 15.5 Å². The van der Waals surface area contributed by atoms with Crippen molar-refractivity contribution in [3.8, 4) is 17.0 Å². The molecule has 0 unspecified atom stereocenters. The first kappa shape index (κ1) is 11.6. The smallest absolute Gasteiger partial charge is 0.199 e. The van der Waals surface area contributed by atoms with Gasteiger partial charge in [0, 0.05) is 6.07 Å². The van der Waals surface area contributed by atoms with Crippen LogP contribution in [0, 0.1) is 4.77 Å². The Balaban J connectivity index is 2.36. The first-order chi connectivity index (χ1) is 8.19. The molecule has 0 amide bonds. The van der Waals surface area contributed by atoms with Crippen LogP contribution >= 0.6 is 12.2 Å². The minimum atomic E-state index is 0.383. The molecule has 5 heteroatoms. The number of aromatic amines is 1. The molecule has 2 rings (SSSR count). The highest BCUT2D eigenvalue weighted by Gasteiger charge is 2.00. The molecule has 1 aromatic carbocycles. The highest BCUT2D eigenvalue weighted by molar-refractivity contribution is 7.71. The molecule has 0 saturated carbocycles. The fourth-order valence-electron chi connectivity index (χ4n) is 1.53. The zero-order valence-electron chi connectivity index (χ0n) is 9.43. The predicted octanol–water partition coefficient (Wildman–Crippen LogP) is 2.79. The number of hydrogen-bond acceptors (Lipinski definition) is 4. The maximum absolute atomic E-state index is 5.65. The van der Waals surface area contributed by atoms with Gasteiger partial charge in [-0.2, -0.15) is 0 Å². The first-order valence-corrected chi connectivity index (χ1v) is 5.70. The molecular weight excluding hydrogens is 234 g/mol. The number of hydrogen-bond donors (Lipinski definition) is 2. The highest BCUT2D eigenvalue weighted by atomic mass is 32.1. The van der Waals surface area contributed by atoms with Gasteiger partial charge in [0.2, 0.25) is 0 Å². The van der Waals surface area contributed by atoms with Crippen LogP contribution in [0.4, 0.5) is 5.82 Å². The molecule has 4 nitrogen and oxygen atoms in total. The summed E-state index contributed by atoms with van der Waals surface area (Å²) in [7, 11) is 0. The molecule has 0 saturated heterocycles. The third-order valence-corrected chi connectivity index (χ3v) is 2.43. The number of nitrogen functional groups attached to an aromatic ring is 1. The van der Waals surface area contributed by atoms with Crippen molar-refractivity contribution in [1.82, 2.24) is 9.97 Å². The number of ether oxygens (including phenoxy) is 1. The summed E-state index contributed by atoms with van der Waals surface area (Å²) in [5.41, 5.74) is 7.50. The van der Waals surface area contributed by atoms with Crippen molar-refractivity contribution in [1.29, 1.82) is 0 Å². The number of aromatic nitrogens is 2. The van der Waals surface area contributed by atoms with E-state index in [1.165, 1.54) is 0 Å². The van der Waals surface area contributed by atoms with Crippen LogP contribution in [-0.2, 0) is 0 Å². The van der Waals surface area contributed by atoms with Gasteiger partial charge in [-0.25, -0.2) is 4.98 Å². The Morgan fingerprint density at radius 2 is 2.06 bits per heavy atom. The number of rotatable bonds is 3. The van der Waals surface area contributed by atoms with Crippen LogP contribution in [0.15, 0.2) is 30.3 Å². The molecule has 88 valence electrons. The van der Waals surface area contributed by atoms with Gasteiger partial charge in [-0.3, -0.25) is 0 Å².